The van der Waals surface area contributed by atoms with Crippen LogP contribution in [0.15, 0.2) is 12.1 Å². The van der Waals surface area contributed by atoms with E-state index in [1.54, 1.807) is 0 Å². The first-order valence-corrected chi connectivity index (χ1v) is 6.80. The van der Waals surface area contributed by atoms with Crippen molar-refractivity contribution in [3.05, 3.63) is 28.8 Å². The van der Waals surface area contributed by atoms with Gasteiger partial charge in [-0.25, -0.2) is 11.6 Å². The number of hydrogen-bond donors (Lipinski definition) is 0. The van der Waals surface area contributed by atoms with E-state index in [9.17, 15) is 0 Å². The van der Waals surface area contributed by atoms with Crippen LogP contribution in [0.25, 0.3) is 0 Å². The third kappa shape index (κ3) is 3.30. The number of rotatable bonds is 4. The Bertz CT molecular complexity index is 334. The molecule has 1 aromatic rings. The molecule has 0 amide bonds. The first-order valence-electron chi connectivity index (χ1n) is 5.75. The topological polar surface area (TPSA) is 0 Å². The fourth-order valence-electron chi connectivity index (χ4n) is 1.81. The van der Waals surface area contributed by atoms with Crippen LogP contribution in [-0.4, -0.2) is 11.7 Å². The largest absolute Gasteiger partial charge is 0.239 e. The molecule has 0 saturated carbocycles. The zero-order valence-electron chi connectivity index (χ0n) is 10.6. The van der Waals surface area contributed by atoms with Gasteiger partial charge in [0.05, 0.1) is 0 Å². The van der Waals surface area contributed by atoms with E-state index >= 15 is 0 Å². The van der Waals surface area contributed by atoms with E-state index < -0.39 is 0 Å². The highest BCUT2D eigenvalue weighted by atomic mass is 32.2. The fraction of sp³-hybridized carbons (Fsp3) is 0.538. The first-order chi connectivity index (χ1) is 7.06. The normalized spacial score (nSPS) is 10.5. The summed E-state index contributed by atoms with van der Waals surface area (Å²) in [5.74, 6) is 1.89. The van der Waals surface area contributed by atoms with Crippen LogP contribution in [0, 0.1) is 20.8 Å². The SMILES string of the molecule is CCCSB(C)c1cc(C)c(C)cc1C. The molecule has 0 saturated heterocycles. The molecule has 82 valence electrons. The van der Waals surface area contributed by atoms with E-state index in [4.69, 9.17) is 0 Å². The smallest absolute Gasteiger partial charge is 0.204 e. The number of benzene rings is 1. The van der Waals surface area contributed by atoms with Gasteiger partial charge >= 0.3 is 0 Å². The van der Waals surface area contributed by atoms with E-state index in [1.165, 1.54) is 34.3 Å². The van der Waals surface area contributed by atoms with Gasteiger partial charge in [0.2, 0.25) is 5.99 Å². The average Bonchev–Trinajstić information content (AvgIpc) is 2.20. The minimum absolute atomic E-state index is 0.629. The molecule has 0 aromatic heterocycles. The van der Waals surface area contributed by atoms with Crippen LogP contribution in [0.1, 0.15) is 30.0 Å². The van der Waals surface area contributed by atoms with Crippen molar-refractivity contribution in [2.75, 3.05) is 5.75 Å². The summed E-state index contributed by atoms with van der Waals surface area (Å²) >= 11 is 2.06. The van der Waals surface area contributed by atoms with Crippen molar-refractivity contribution in [3.63, 3.8) is 0 Å². The summed E-state index contributed by atoms with van der Waals surface area (Å²) in [4.78, 5) is 0. The second-order valence-corrected chi connectivity index (χ2v) is 5.75. The molecule has 15 heavy (non-hydrogen) atoms. The Morgan fingerprint density at radius 2 is 1.67 bits per heavy atom. The molecule has 0 fully saturated rings. The molecule has 0 unspecified atom stereocenters. The Hall–Kier alpha value is -0.365. The summed E-state index contributed by atoms with van der Waals surface area (Å²) in [6.07, 6.45) is 1.26. The van der Waals surface area contributed by atoms with Gasteiger partial charge in [-0.2, -0.15) is 0 Å². The fourth-order valence-corrected chi connectivity index (χ4v) is 2.83. The number of hydrogen-bond acceptors (Lipinski definition) is 1. The van der Waals surface area contributed by atoms with Gasteiger partial charge in [0.15, 0.2) is 0 Å². The van der Waals surface area contributed by atoms with Gasteiger partial charge in [-0.1, -0.05) is 36.9 Å². The summed E-state index contributed by atoms with van der Waals surface area (Å²) in [5.41, 5.74) is 5.77. The second kappa shape index (κ2) is 5.65. The van der Waals surface area contributed by atoms with Gasteiger partial charge in [-0.3, -0.25) is 0 Å². The first kappa shape index (κ1) is 12.7. The summed E-state index contributed by atoms with van der Waals surface area (Å²) in [6, 6.07) is 4.67. The van der Waals surface area contributed by atoms with E-state index in [-0.39, 0.29) is 0 Å². The van der Waals surface area contributed by atoms with Crippen LogP contribution in [-0.2, 0) is 0 Å². The molecule has 0 aliphatic rings. The zero-order valence-corrected chi connectivity index (χ0v) is 11.4. The minimum atomic E-state index is 0.629. The Balaban J connectivity index is 2.88. The van der Waals surface area contributed by atoms with Crippen molar-refractivity contribution in [2.24, 2.45) is 0 Å². The van der Waals surface area contributed by atoms with Crippen LogP contribution in [0.4, 0.5) is 0 Å². The van der Waals surface area contributed by atoms with Crippen LogP contribution in [0.3, 0.4) is 0 Å². The third-order valence-corrected chi connectivity index (χ3v) is 4.29. The van der Waals surface area contributed by atoms with Crippen molar-refractivity contribution in [3.8, 4) is 0 Å². The molecule has 0 aliphatic carbocycles. The molecule has 0 radical (unpaired) electrons. The maximum atomic E-state index is 2.36. The van der Waals surface area contributed by atoms with Crippen molar-refractivity contribution >= 4 is 23.1 Å². The van der Waals surface area contributed by atoms with Gasteiger partial charge < -0.3 is 0 Å². The van der Waals surface area contributed by atoms with Crippen molar-refractivity contribution in [2.45, 2.75) is 40.9 Å². The molecule has 0 aliphatic heterocycles. The molecule has 0 nitrogen and oxygen atoms in total. The Labute approximate surface area is 98.8 Å². The van der Waals surface area contributed by atoms with Gasteiger partial charge in [-0.15, -0.1) is 0 Å². The molecule has 0 atom stereocenters. The average molecular weight is 220 g/mol. The molecule has 1 aromatic carbocycles. The van der Waals surface area contributed by atoms with Gasteiger partial charge in [0, 0.05) is 0 Å². The zero-order chi connectivity index (χ0) is 11.4. The summed E-state index contributed by atoms with van der Waals surface area (Å²) in [5, 5.41) is 0. The number of aryl methyl sites for hydroxylation is 3. The molecule has 1 rings (SSSR count). The van der Waals surface area contributed by atoms with Crippen molar-refractivity contribution in [1.82, 2.24) is 0 Å². The molecule has 0 N–H and O–H groups in total. The Morgan fingerprint density at radius 1 is 1.07 bits per heavy atom. The van der Waals surface area contributed by atoms with Crippen molar-refractivity contribution < 1.29 is 0 Å². The lowest BCUT2D eigenvalue weighted by atomic mass is 9.68. The monoisotopic (exact) mass is 220 g/mol. The van der Waals surface area contributed by atoms with Crippen LogP contribution >= 0.6 is 11.6 Å². The maximum absolute atomic E-state index is 2.36. The quantitative estimate of drug-likeness (QED) is 0.699. The lowest BCUT2D eigenvalue weighted by Crippen LogP contribution is -2.27. The Kier molecular flexibility index (Phi) is 4.78. The maximum Gasteiger partial charge on any atom is 0.239 e. The van der Waals surface area contributed by atoms with Crippen molar-refractivity contribution in [1.29, 1.82) is 0 Å². The summed E-state index contributed by atoms with van der Waals surface area (Å²) in [6.45, 7) is 11.2. The van der Waals surface area contributed by atoms with E-state index in [2.05, 4.69) is 58.3 Å². The van der Waals surface area contributed by atoms with E-state index in [0.29, 0.717) is 5.99 Å². The lowest BCUT2D eigenvalue weighted by Gasteiger charge is -2.13. The van der Waals surface area contributed by atoms with Gasteiger partial charge in [0.1, 0.15) is 0 Å². The van der Waals surface area contributed by atoms with Gasteiger partial charge in [0.25, 0.3) is 0 Å². The highest BCUT2D eigenvalue weighted by Gasteiger charge is 2.13. The summed E-state index contributed by atoms with van der Waals surface area (Å²) in [7, 11) is 0. The predicted molar refractivity (Wildman–Crippen MR) is 74.7 cm³/mol. The summed E-state index contributed by atoms with van der Waals surface area (Å²) < 4.78 is 0. The molecule has 2 heteroatoms. The minimum Gasteiger partial charge on any atom is -0.204 e. The standard InChI is InChI=1S/C13H21BS/c1-6-7-15-14(5)13-9-11(3)10(2)8-12(13)4/h8-9H,6-7H2,1-5H3. The van der Waals surface area contributed by atoms with Crippen LogP contribution in [0.5, 0.6) is 0 Å². The second-order valence-electron chi connectivity index (χ2n) is 4.31. The molecular formula is C13H21BS. The molecular weight excluding hydrogens is 199 g/mol. The van der Waals surface area contributed by atoms with Gasteiger partial charge in [-0.05, 0) is 44.1 Å². The highest BCUT2D eigenvalue weighted by Crippen LogP contribution is 2.14. The molecule has 0 spiro atoms. The van der Waals surface area contributed by atoms with E-state index in [0.717, 1.165) is 0 Å². The molecule has 0 heterocycles. The molecule has 0 bridgehead atoms. The van der Waals surface area contributed by atoms with Crippen LogP contribution < -0.4 is 5.46 Å². The highest BCUT2D eigenvalue weighted by molar-refractivity contribution is 8.26. The van der Waals surface area contributed by atoms with E-state index in [1.807, 2.05) is 0 Å². The Morgan fingerprint density at radius 3 is 2.27 bits per heavy atom. The van der Waals surface area contributed by atoms with Crippen LogP contribution in [0.2, 0.25) is 6.82 Å². The lowest BCUT2D eigenvalue weighted by molar-refractivity contribution is 1.11. The third-order valence-electron chi connectivity index (χ3n) is 2.89. The predicted octanol–water partition coefficient (Wildman–Crippen LogP) is 3.58.